The van der Waals surface area contributed by atoms with Gasteiger partial charge in [-0.25, -0.2) is 0 Å². The molecule has 1 atom stereocenters. The number of methoxy groups -OCH3 is 1. The van der Waals surface area contributed by atoms with E-state index >= 15 is 0 Å². The SMILES string of the molecule is COc1ccc(SCC(N)C(C)(C)C)cc1. The van der Waals surface area contributed by atoms with E-state index in [9.17, 15) is 0 Å². The fourth-order valence-electron chi connectivity index (χ4n) is 1.11. The lowest BCUT2D eigenvalue weighted by molar-refractivity contribution is 0.344. The molecule has 90 valence electrons. The summed E-state index contributed by atoms with van der Waals surface area (Å²) in [5.41, 5.74) is 6.28. The summed E-state index contributed by atoms with van der Waals surface area (Å²) in [4.78, 5) is 1.24. The lowest BCUT2D eigenvalue weighted by atomic mass is 9.89. The fourth-order valence-corrected chi connectivity index (χ4v) is 2.31. The van der Waals surface area contributed by atoms with Crippen molar-refractivity contribution in [3.05, 3.63) is 24.3 Å². The minimum Gasteiger partial charge on any atom is -0.497 e. The van der Waals surface area contributed by atoms with Crippen LogP contribution >= 0.6 is 11.8 Å². The first-order valence-electron chi connectivity index (χ1n) is 5.46. The van der Waals surface area contributed by atoms with Crippen LogP contribution in [0.25, 0.3) is 0 Å². The van der Waals surface area contributed by atoms with Gasteiger partial charge >= 0.3 is 0 Å². The van der Waals surface area contributed by atoms with Crippen LogP contribution in [0.2, 0.25) is 0 Å². The van der Waals surface area contributed by atoms with Gasteiger partial charge in [-0.2, -0.15) is 0 Å². The predicted molar refractivity (Wildman–Crippen MR) is 71.1 cm³/mol. The summed E-state index contributed by atoms with van der Waals surface area (Å²) >= 11 is 1.79. The zero-order valence-electron chi connectivity index (χ0n) is 10.5. The van der Waals surface area contributed by atoms with Gasteiger partial charge in [0, 0.05) is 16.7 Å². The molecule has 0 amide bonds. The van der Waals surface area contributed by atoms with Crippen molar-refractivity contribution in [1.29, 1.82) is 0 Å². The van der Waals surface area contributed by atoms with Gasteiger partial charge in [0.15, 0.2) is 0 Å². The van der Waals surface area contributed by atoms with Gasteiger partial charge in [-0.3, -0.25) is 0 Å². The molecule has 0 aliphatic heterocycles. The number of nitrogens with two attached hydrogens (primary N) is 1. The van der Waals surface area contributed by atoms with Crippen molar-refractivity contribution in [2.45, 2.75) is 31.7 Å². The first-order chi connectivity index (χ1) is 7.43. The summed E-state index contributed by atoms with van der Waals surface area (Å²) in [6.45, 7) is 6.52. The Balaban J connectivity index is 2.48. The molecule has 0 radical (unpaired) electrons. The Kier molecular flexibility index (Phi) is 4.69. The molecule has 0 aromatic heterocycles. The Morgan fingerprint density at radius 3 is 2.25 bits per heavy atom. The molecule has 0 fully saturated rings. The van der Waals surface area contributed by atoms with Crippen LogP contribution in [0.5, 0.6) is 5.75 Å². The molecule has 3 heteroatoms. The van der Waals surface area contributed by atoms with Crippen LogP contribution in [-0.4, -0.2) is 18.9 Å². The minimum absolute atomic E-state index is 0.166. The highest BCUT2D eigenvalue weighted by Gasteiger charge is 2.20. The third kappa shape index (κ3) is 4.06. The Hall–Kier alpha value is -0.670. The second kappa shape index (κ2) is 5.60. The third-order valence-electron chi connectivity index (χ3n) is 2.60. The van der Waals surface area contributed by atoms with Crippen LogP contribution in [-0.2, 0) is 0 Å². The average molecular weight is 239 g/mol. The molecule has 1 aromatic carbocycles. The Bertz CT molecular complexity index is 316. The Labute approximate surface area is 103 Å². The molecule has 1 unspecified atom stereocenters. The molecule has 0 saturated heterocycles. The van der Waals surface area contributed by atoms with Crippen molar-refractivity contribution in [3.8, 4) is 5.75 Å². The van der Waals surface area contributed by atoms with Crippen molar-refractivity contribution in [3.63, 3.8) is 0 Å². The number of benzene rings is 1. The highest BCUT2D eigenvalue weighted by atomic mass is 32.2. The lowest BCUT2D eigenvalue weighted by Gasteiger charge is -2.26. The molecule has 0 aliphatic carbocycles. The summed E-state index contributed by atoms with van der Waals surface area (Å²) in [7, 11) is 1.68. The quantitative estimate of drug-likeness (QED) is 0.820. The molecule has 2 nitrogen and oxygen atoms in total. The summed E-state index contributed by atoms with van der Waals surface area (Å²) in [6, 6.07) is 8.30. The van der Waals surface area contributed by atoms with E-state index in [1.165, 1.54) is 4.90 Å². The standard InChI is InChI=1S/C13H21NOS/c1-13(2,3)12(14)9-16-11-7-5-10(15-4)6-8-11/h5-8,12H,9,14H2,1-4H3. The topological polar surface area (TPSA) is 35.2 Å². The van der Waals surface area contributed by atoms with Gasteiger partial charge in [0.1, 0.15) is 5.75 Å². The molecule has 1 rings (SSSR count). The molecule has 0 heterocycles. The smallest absolute Gasteiger partial charge is 0.118 e. The number of hydrogen-bond donors (Lipinski definition) is 1. The number of rotatable bonds is 4. The van der Waals surface area contributed by atoms with E-state index in [2.05, 4.69) is 32.9 Å². The van der Waals surface area contributed by atoms with Crippen LogP contribution in [0.4, 0.5) is 0 Å². The van der Waals surface area contributed by atoms with Crippen LogP contribution in [0.15, 0.2) is 29.2 Å². The van der Waals surface area contributed by atoms with Gasteiger partial charge in [-0.1, -0.05) is 20.8 Å². The molecule has 16 heavy (non-hydrogen) atoms. The molecule has 0 bridgehead atoms. The predicted octanol–water partition coefficient (Wildman–Crippen LogP) is 3.16. The van der Waals surface area contributed by atoms with Crippen LogP contribution in [0.3, 0.4) is 0 Å². The Morgan fingerprint density at radius 2 is 1.81 bits per heavy atom. The summed E-state index contributed by atoms with van der Waals surface area (Å²) in [5.74, 6) is 1.83. The second-order valence-electron chi connectivity index (χ2n) is 4.96. The molecule has 0 aliphatic rings. The van der Waals surface area contributed by atoms with Crippen molar-refractivity contribution in [2.75, 3.05) is 12.9 Å². The Morgan fingerprint density at radius 1 is 1.25 bits per heavy atom. The highest BCUT2D eigenvalue weighted by molar-refractivity contribution is 7.99. The van der Waals surface area contributed by atoms with Crippen molar-refractivity contribution >= 4 is 11.8 Å². The van der Waals surface area contributed by atoms with E-state index in [0.29, 0.717) is 0 Å². The average Bonchev–Trinajstić information content (AvgIpc) is 2.25. The van der Waals surface area contributed by atoms with E-state index in [0.717, 1.165) is 11.5 Å². The second-order valence-corrected chi connectivity index (χ2v) is 6.05. The molecule has 0 spiro atoms. The van der Waals surface area contributed by atoms with Gasteiger partial charge in [0.25, 0.3) is 0 Å². The maximum Gasteiger partial charge on any atom is 0.118 e. The molecular formula is C13H21NOS. The summed E-state index contributed by atoms with van der Waals surface area (Å²) < 4.78 is 5.12. The molecule has 2 N–H and O–H groups in total. The zero-order valence-corrected chi connectivity index (χ0v) is 11.3. The van der Waals surface area contributed by atoms with Crippen LogP contribution < -0.4 is 10.5 Å². The van der Waals surface area contributed by atoms with Gasteiger partial charge in [-0.15, -0.1) is 11.8 Å². The highest BCUT2D eigenvalue weighted by Crippen LogP contribution is 2.26. The van der Waals surface area contributed by atoms with E-state index in [1.54, 1.807) is 18.9 Å². The molecule has 0 saturated carbocycles. The van der Waals surface area contributed by atoms with E-state index in [-0.39, 0.29) is 11.5 Å². The van der Waals surface area contributed by atoms with Crippen molar-refractivity contribution in [1.82, 2.24) is 0 Å². The van der Waals surface area contributed by atoms with Gasteiger partial charge in [0.2, 0.25) is 0 Å². The molecule has 1 aromatic rings. The maximum atomic E-state index is 6.11. The summed E-state index contributed by atoms with van der Waals surface area (Å²) in [6.07, 6.45) is 0. The van der Waals surface area contributed by atoms with Crippen LogP contribution in [0.1, 0.15) is 20.8 Å². The van der Waals surface area contributed by atoms with Gasteiger partial charge in [0.05, 0.1) is 7.11 Å². The molecular weight excluding hydrogens is 218 g/mol. The zero-order chi connectivity index (χ0) is 12.2. The van der Waals surface area contributed by atoms with Gasteiger partial charge < -0.3 is 10.5 Å². The normalized spacial score (nSPS) is 13.6. The van der Waals surface area contributed by atoms with Crippen molar-refractivity contribution < 1.29 is 4.74 Å². The van der Waals surface area contributed by atoms with E-state index in [1.807, 2.05) is 12.1 Å². The number of thioether (sulfide) groups is 1. The largest absolute Gasteiger partial charge is 0.497 e. The lowest BCUT2D eigenvalue weighted by Crippen LogP contribution is -2.37. The maximum absolute atomic E-state index is 6.11. The number of hydrogen-bond acceptors (Lipinski definition) is 3. The van der Waals surface area contributed by atoms with E-state index in [4.69, 9.17) is 10.5 Å². The van der Waals surface area contributed by atoms with Gasteiger partial charge in [-0.05, 0) is 29.7 Å². The fraction of sp³-hybridized carbons (Fsp3) is 0.538. The first kappa shape index (κ1) is 13.4. The summed E-state index contributed by atoms with van der Waals surface area (Å²) in [5, 5.41) is 0. The first-order valence-corrected chi connectivity index (χ1v) is 6.44. The number of ether oxygens (including phenoxy) is 1. The minimum atomic E-state index is 0.166. The van der Waals surface area contributed by atoms with E-state index < -0.39 is 0 Å². The van der Waals surface area contributed by atoms with Crippen LogP contribution in [0, 0.1) is 5.41 Å². The third-order valence-corrected chi connectivity index (χ3v) is 3.73. The van der Waals surface area contributed by atoms with Crippen molar-refractivity contribution in [2.24, 2.45) is 11.1 Å². The monoisotopic (exact) mass is 239 g/mol.